The van der Waals surface area contributed by atoms with Gasteiger partial charge in [0.25, 0.3) is 11.5 Å². The van der Waals surface area contributed by atoms with Crippen molar-refractivity contribution in [2.24, 2.45) is 0 Å². The Kier molecular flexibility index (Phi) is 7.23. The summed E-state index contributed by atoms with van der Waals surface area (Å²) in [4.78, 5) is 33.2. The minimum atomic E-state index is -0.719. The number of halogens is 3. The molecule has 1 atom stereocenters. The van der Waals surface area contributed by atoms with Gasteiger partial charge in [0.05, 0.1) is 34.3 Å². The first-order chi connectivity index (χ1) is 16.8. The Labute approximate surface area is 205 Å². The number of methoxy groups -OCH3 is 1. The molecule has 0 radical (unpaired) electrons. The highest BCUT2D eigenvalue weighted by Gasteiger charge is 2.28. The van der Waals surface area contributed by atoms with E-state index in [1.165, 1.54) is 59.0 Å². The van der Waals surface area contributed by atoms with Gasteiger partial charge in [-0.2, -0.15) is 0 Å². The second-order valence-electron chi connectivity index (χ2n) is 7.90. The van der Waals surface area contributed by atoms with Crippen molar-refractivity contribution in [2.45, 2.75) is 13.0 Å². The van der Waals surface area contributed by atoms with Gasteiger partial charge in [-0.1, -0.05) is 23.7 Å². The number of carbonyl (C=O) groups excluding carboxylic acids is 1. The number of benzene rings is 3. The van der Waals surface area contributed by atoms with Crippen molar-refractivity contribution in [3.63, 3.8) is 0 Å². The lowest BCUT2D eigenvalue weighted by atomic mass is 10.1. The Morgan fingerprint density at radius 2 is 1.83 bits per heavy atom. The highest BCUT2D eigenvalue weighted by atomic mass is 35.5. The Balaban J connectivity index is 1.91. The maximum absolute atomic E-state index is 13.9. The predicted octanol–water partition coefficient (Wildman–Crippen LogP) is 5.17. The molecule has 6 nitrogen and oxygen atoms in total. The van der Waals surface area contributed by atoms with Gasteiger partial charge in [0, 0.05) is 19.2 Å². The molecular formula is C26H22ClF2N3O3. The normalized spacial score (nSPS) is 12.0. The molecule has 1 aromatic heterocycles. The molecule has 0 saturated carbocycles. The number of hydrogen-bond acceptors (Lipinski definition) is 4. The summed E-state index contributed by atoms with van der Waals surface area (Å²) < 4.78 is 33.9. The van der Waals surface area contributed by atoms with Gasteiger partial charge < -0.3 is 9.64 Å². The van der Waals surface area contributed by atoms with Crippen LogP contribution in [0.1, 0.15) is 29.1 Å². The van der Waals surface area contributed by atoms with Crippen LogP contribution in [0.4, 0.5) is 8.78 Å². The van der Waals surface area contributed by atoms with Crippen molar-refractivity contribution in [1.82, 2.24) is 14.5 Å². The molecule has 9 heteroatoms. The lowest BCUT2D eigenvalue weighted by molar-refractivity contribution is 0.0605. The number of hydrogen-bond donors (Lipinski definition) is 0. The number of fused-ring (bicyclic) bond motifs is 1. The highest BCUT2D eigenvalue weighted by molar-refractivity contribution is 6.30. The maximum Gasteiger partial charge on any atom is 0.266 e. The Morgan fingerprint density at radius 1 is 1.11 bits per heavy atom. The zero-order valence-corrected chi connectivity index (χ0v) is 19.8. The van der Waals surface area contributed by atoms with Gasteiger partial charge in [-0.3, -0.25) is 14.2 Å². The number of aromatic nitrogens is 2. The zero-order chi connectivity index (χ0) is 25.1. The van der Waals surface area contributed by atoms with Crippen molar-refractivity contribution < 1.29 is 18.3 Å². The topological polar surface area (TPSA) is 64.4 Å². The molecule has 0 aliphatic carbocycles. The molecule has 0 N–H and O–H groups in total. The predicted molar refractivity (Wildman–Crippen MR) is 130 cm³/mol. The SMILES string of the molecule is COCCN(C(=O)c1ccc(F)cc1)C(C)c1nc2ccccc2c(=O)n1-c1ccc(F)c(Cl)c1. The maximum atomic E-state index is 13.9. The first-order valence-electron chi connectivity index (χ1n) is 10.8. The van der Waals surface area contributed by atoms with Crippen LogP contribution in [-0.4, -0.2) is 40.6 Å². The molecule has 0 aliphatic heterocycles. The molecule has 35 heavy (non-hydrogen) atoms. The van der Waals surface area contributed by atoms with E-state index in [1.807, 2.05) is 0 Å². The average molecular weight is 498 g/mol. The summed E-state index contributed by atoms with van der Waals surface area (Å²) in [7, 11) is 1.51. The third kappa shape index (κ3) is 4.94. The number of carbonyl (C=O) groups is 1. The fraction of sp³-hybridized carbons (Fsp3) is 0.192. The third-order valence-corrected chi connectivity index (χ3v) is 5.98. The number of amides is 1. The van der Waals surface area contributed by atoms with Crippen LogP contribution in [0.5, 0.6) is 0 Å². The molecule has 1 heterocycles. The van der Waals surface area contributed by atoms with E-state index in [1.54, 1.807) is 31.2 Å². The average Bonchev–Trinajstić information content (AvgIpc) is 2.86. The second-order valence-corrected chi connectivity index (χ2v) is 8.31. The summed E-state index contributed by atoms with van der Waals surface area (Å²) in [5.41, 5.74) is 0.641. The highest BCUT2D eigenvalue weighted by Crippen LogP contribution is 2.26. The van der Waals surface area contributed by atoms with Crippen LogP contribution in [0.15, 0.2) is 71.5 Å². The van der Waals surface area contributed by atoms with Crippen LogP contribution in [0.2, 0.25) is 5.02 Å². The minimum Gasteiger partial charge on any atom is -0.383 e. The van der Waals surface area contributed by atoms with E-state index in [-0.39, 0.29) is 41.0 Å². The van der Waals surface area contributed by atoms with Crippen LogP contribution < -0.4 is 5.56 Å². The van der Waals surface area contributed by atoms with Gasteiger partial charge >= 0.3 is 0 Å². The zero-order valence-electron chi connectivity index (χ0n) is 19.0. The van der Waals surface area contributed by atoms with Gasteiger partial charge in [-0.25, -0.2) is 13.8 Å². The molecule has 0 bridgehead atoms. The molecule has 180 valence electrons. The second kappa shape index (κ2) is 10.3. The largest absolute Gasteiger partial charge is 0.383 e. The van der Waals surface area contributed by atoms with E-state index in [9.17, 15) is 18.4 Å². The van der Waals surface area contributed by atoms with Crippen molar-refractivity contribution >= 4 is 28.4 Å². The lowest BCUT2D eigenvalue weighted by Gasteiger charge is -2.30. The first kappa shape index (κ1) is 24.5. The standard InChI is InChI=1S/C26H22ClF2N3O3/c1-16(31(13-14-35-2)25(33)17-7-9-18(28)10-8-17)24-30-23-6-4-3-5-20(23)26(34)32(24)19-11-12-22(29)21(27)15-19/h3-12,15-16H,13-14H2,1-2H3. The van der Waals surface area contributed by atoms with E-state index in [4.69, 9.17) is 21.3 Å². The Hall–Kier alpha value is -3.62. The fourth-order valence-electron chi connectivity index (χ4n) is 3.86. The van der Waals surface area contributed by atoms with Crippen LogP contribution in [-0.2, 0) is 4.74 Å². The Morgan fingerprint density at radius 3 is 2.51 bits per heavy atom. The summed E-state index contributed by atoms with van der Waals surface area (Å²) >= 11 is 6.02. The van der Waals surface area contributed by atoms with Crippen molar-refractivity contribution in [1.29, 1.82) is 0 Å². The van der Waals surface area contributed by atoms with Gasteiger partial charge in [0.2, 0.25) is 0 Å². The first-order valence-corrected chi connectivity index (χ1v) is 11.2. The number of para-hydroxylation sites is 1. The molecule has 3 aromatic carbocycles. The summed E-state index contributed by atoms with van der Waals surface area (Å²) in [6, 6.07) is 15.2. The smallest absolute Gasteiger partial charge is 0.266 e. The molecule has 1 amide bonds. The van der Waals surface area contributed by atoms with Crippen molar-refractivity contribution in [3.05, 3.63) is 105 Å². The Bertz CT molecular complexity index is 1440. The number of rotatable bonds is 7. The van der Waals surface area contributed by atoms with Gasteiger partial charge in [0.15, 0.2) is 0 Å². The lowest BCUT2D eigenvalue weighted by Crippen LogP contribution is -2.39. The van der Waals surface area contributed by atoms with Crippen LogP contribution in [0, 0.1) is 11.6 Å². The molecule has 0 saturated heterocycles. The van der Waals surface area contributed by atoms with Gasteiger partial charge in [-0.05, 0) is 61.5 Å². The summed E-state index contributed by atoms with van der Waals surface area (Å²) in [5, 5.41) is 0.206. The van der Waals surface area contributed by atoms with E-state index in [2.05, 4.69) is 0 Å². The fourth-order valence-corrected chi connectivity index (χ4v) is 4.04. The molecule has 0 aliphatic rings. The minimum absolute atomic E-state index is 0.153. The van der Waals surface area contributed by atoms with Crippen LogP contribution >= 0.6 is 11.6 Å². The number of nitrogens with zero attached hydrogens (tertiary/aromatic N) is 3. The molecule has 0 spiro atoms. The quantitative estimate of drug-likeness (QED) is 0.353. The number of ether oxygens (including phenoxy) is 1. The molecule has 1 unspecified atom stereocenters. The van der Waals surface area contributed by atoms with E-state index >= 15 is 0 Å². The molecule has 0 fully saturated rings. The molecule has 4 aromatic rings. The summed E-state index contributed by atoms with van der Waals surface area (Å²) in [6.45, 7) is 2.13. The van der Waals surface area contributed by atoms with Crippen LogP contribution in [0.25, 0.3) is 16.6 Å². The van der Waals surface area contributed by atoms with E-state index in [0.29, 0.717) is 16.6 Å². The van der Waals surface area contributed by atoms with E-state index < -0.39 is 17.7 Å². The molecular weight excluding hydrogens is 476 g/mol. The van der Waals surface area contributed by atoms with E-state index in [0.717, 1.165) is 0 Å². The summed E-state index contributed by atoms with van der Waals surface area (Å²) in [6.07, 6.45) is 0. The summed E-state index contributed by atoms with van der Waals surface area (Å²) in [5.74, 6) is -1.22. The van der Waals surface area contributed by atoms with Gasteiger partial charge in [0.1, 0.15) is 17.5 Å². The monoisotopic (exact) mass is 497 g/mol. The van der Waals surface area contributed by atoms with Gasteiger partial charge in [-0.15, -0.1) is 0 Å². The third-order valence-electron chi connectivity index (χ3n) is 5.69. The molecule has 4 rings (SSSR count). The van der Waals surface area contributed by atoms with Crippen LogP contribution in [0.3, 0.4) is 0 Å². The van der Waals surface area contributed by atoms with Crippen molar-refractivity contribution in [3.8, 4) is 5.69 Å². The van der Waals surface area contributed by atoms with Crippen molar-refractivity contribution in [2.75, 3.05) is 20.3 Å².